The Balaban J connectivity index is 2.20. The Hall–Kier alpha value is -1.59. The number of likely N-dealkylation sites (N-methyl/N-ethyl adjacent to an activating group) is 1. The number of nitrogens with zero attached hydrogens (tertiary/aromatic N) is 1. The van der Waals surface area contributed by atoms with E-state index in [9.17, 15) is 4.79 Å². The lowest BCUT2D eigenvalue weighted by atomic mass is 10.2. The van der Waals surface area contributed by atoms with Crippen LogP contribution >= 0.6 is 0 Å². The van der Waals surface area contributed by atoms with Gasteiger partial charge in [-0.05, 0) is 33.0 Å². The van der Waals surface area contributed by atoms with Crippen LogP contribution in [0.3, 0.4) is 0 Å². The third-order valence-electron chi connectivity index (χ3n) is 3.00. The number of carbonyl (C=O) groups is 1. The van der Waals surface area contributed by atoms with Crippen LogP contribution in [0, 0.1) is 6.92 Å². The number of hydrogen-bond donors (Lipinski definition) is 1. The molecule has 5 nitrogen and oxygen atoms in total. The molecule has 1 aromatic rings. The van der Waals surface area contributed by atoms with Gasteiger partial charge in [0, 0.05) is 19.7 Å². The molecule has 0 saturated heterocycles. The molecular weight excluding hydrogens is 268 g/mol. The van der Waals surface area contributed by atoms with E-state index in [0.29, 0.717) is 26.3 Å². The van der Waals surface area contributed by atoms with E-state index in [-0.39, 0.29) is 11.9 Å². The van der Waals surface area contributed by atoms with Gasteiger partial charge in [0.15, 0.2) is 0 Å². The molecule has 0 bridgehead atoms. The summed E-state index contributed by atoms with van der Waals surface area (Å²) in [5.41, 5.74) is 1.21. The summed E-state index contributed by atoms with van der Waals surface area (Å²) in [5, 5.41) is 2.88. The lowest BCUT2D eigenvalue weighted by Crippen LogP contribution is -2.42. The molecule has 0 aliphatic heterocycles. The normalized spacial score (nSPS) is 12.2. The molecule has 1 unspecified atom stereocenters. The lowest BCUT2D eigenvalue weighted by Gasteiger charge is -2.18. The Morgan fingerprint density at radius 3 is 2.62 bits per heavy atom. The van der Waals surface area contributed by atoms with Crippen molar-refractivity contribution in [3.05, 3.63) is 29.8 Å². The Morgan fingerprint density at radius 2 is 2.00 bits per heavy atom. The maximum atomic E-state index is 11.8. The van der Waals surface area contributed by atoms with Gasteiger partial charge in [0.25, 0.3) is 0 Å². The topological polar surface area (TPSA) is 50.8 Å². The summed E-state index contributed by atoms with van der Waals surface area (Å²) in [6, 6.07) is 7.97. The minimum Gasteiger partial charge on any atom is -0.492 e. The Morgan fingerprint density at radius 1 is 1.33 bits per heavy atom. The van der Waals surface area contributed by atoms with Gasteiger partial charge >= 0.3 is 0 Å². The van der Waals surface area contributed by atoms with Crippen molar-refractivity contribution < 1.29 is 14.3 Å². The van der Waals surface area contributed by atoms with Crippen LogP contribution < -0.4 is 10.1 Å². The fraction of sp³-hybridized carbons (Fsp3) is 0.562. The first-order valence-corrected chi connectivity index (χ1v) is 7.17. The number of ether oxygens (including phenoxy) is 2. The van der Waals surface area contributed by atoms with Gasteiger partial charge < -0.3 is 14.8 Å². The number of rotatable bonds is 9. The van der Waals surface area contributed by atoms with Crippen LogP contribution in [-0.4, -0.2) is 57.3 Å². The third-order valence-corrected chi connectivity index (χ3v) is 3.00. The second-order valence-electron chi connectivity index (χ2n) is 5.32. The highest BCUT2D eigenvalue weighted by Gasteiger charge is 2.09. The molecule has 1 amide bonds. The number of hydrogen-bond acceptors (Lipinski definition) is 4. The molecule has 1 N–H and O–H groups in total. The smallest absolute Gasteiger partial charge is 0.234 e. The first-order valence-electron chi connectivity index (χ1n) is 7.17. The van der Waals surface area contributed by atoms with Gasteiger partial charge in [0.1, 0.15) is 12.4 Å². The van der Waals surface area contributed by atoms with Crippen LogP contribution in [0.5, 0.6) is 5.75 Å². The SMILES string of the molecule is COCC(C)NC(=O)CN(C)CCOc1ccc(C)cc1. The summed E-state index contributed by atoms with van der Waals surface area (Å²) in [6.07, 6.45) is 0. The molecule has 0 aliphatic rings. The van der Waals surface area contributed by atoms with Crippen molar-refractivity contribution in [3.63, 3.8) is 0 Å². The molecule has 0 fully saturated rings. The molecule has 1 aromatic carbocycles. The molecule has 1 atom stereocenters. The van der Waals surface area contributed by atoms with Gasteiger partial charge in [-0.3, -0.25) is 9.69 Å². The summed E-state index contributed by atoms with van der Waals surface area (Å²) in [5.74, 6) is 0.851. The molecule has 1 rings (SSSR count). The van der Waals surface area contributed by atoms with Crippen LogP contribution in [0.15, 0.2) is 24.3 Å². The molecule has 0 spiro atoms. The average Bonchev–Trinajstić information content (AvgIpc) is 2.41. The quantitative estimate of drug-likeness (QED) is 0.749. The van der Waals surface area contributed by atoms with Crippen LogP contribution in [-0.2, 0) is 9.53 Å². The zero-order chi connectivity index (χ0) is 15.7. The van der Waals surface area contributed by atoms with Gasteiger partial charge in [-0.25, -0.2) is 0 Å². The molecule has 0 aromatic heterocycles. The van der Waals surface area contributed by atoms with Gasteiger partial charge in [0.05, 0.1) is 13.2 Å². The standard InChI is InChI=1S/C16H26N2O3/c1-13-5-7-15(8-6-13)21-10-9-18(3)11-16(19)17-14(2)12-20-4/h5-8,14H,9-12H2,1-4H3,(H,17,19). The molecule has 5 heteroatoms. The third kappa shape index (κ3) is 7.68. The molecular formula is C16H26N2O3. The Kier molecular flexibility index (Phi) is 7.79. The summed E-state index contributed by atoms with van der Waals surface area (Å²) in [6.45, 7) is 6.08. The van der Waals surface area contributed by atoms with Crippen LogP contribution in [0.25, 0.3) is 0 Å². The summed E-state index contributed by atoms with van der Waals surface area (Å²) >= 11 is 0. The number of aryl methyl sites for hydroxylation is 1. The molecule has 118 valence electrons. The van der Waals surface area contributed by atoms with Crippen molar-refractivity contribution in [3.8, 4) is 5.75 Å². The van der Waals surface area contributed by atoms with E-state index in [1.807, 2.05) is 50.1 Å². The summed E-state index contributed by atoms with van der Waals surface area (Å²) in [7, 11) is 3.52. The van der Waals surface area contributed by atoms with E-state index in [4.69, 9.17) is 9.47 Å². The Bertz CT molecular complexity index is 420. The first-order chi connectivity index (χ1) is 10.0. The predicted molar refractivity (Wildman–Crippen MR) is 83.7 cm³/mol. The zero-order valence-electron chi connectivity index (χ0n) is 13.4. The summed E-state index contributed by atoms with van der Waals surface area (Å²) in [4.78, 5) is 13.7. The Labute approximate surface area is 127 Å². The van der Waals surface area contributed by atoms with E-state index >= 15 is 0 Å². The minimum absolute atomic E-state index is 0.00242. The van der Waals surface area contributed by atoms with Crippen LogP contribution in [0.1, 0.15) is 12.5 Å². The second kappa shape index (κ2) is 9.37. The van der Waals surface area contributed by atoms with Crippen molar-refractivity contribution in [2.45, 2.75) is 19.9 Å². The molecule has 0 radical (unpaired) electrons. The lowest BCUT2D eigenvalue weighted by molar-refractivity contribution is -0.122. The van der Waals surface area contributed by atoms with E-state index in [0.717, 1.165) is 5.75 Å². The maximum Gasteiger partial charge on any atom is 0.234 e. The van der Waals surface area contributed by atoms with Gasteiger partial charge in [-0.15, -0.1) is 0 Å². The molecule has 0 heterocycles. The second-order valence-corrected chi connectivity index (χ2v) is 5.32. The number of methoxy groups -OCH3 is 1. The fourth-order valence-electron chi connectivity index (χ4n) is 1.89. The largest absolute Gasteiger partial charge is 0.492 e. The van der Waals surface area contributed by atoms with E-state index in [2.05, 4.69) is 5.32 Å². The van der Waals surface area contributed by atoms with Crippen molar-refractivity contribution >= 4 is 5.91 Å². The van der Waals surface area contributed by atoms with Crippen LogP contribution in [0.2, 0.25) is 0 Å². The molecule has 21 heavy (non-hydrogen) atoms. The summed E-state index contributed by atoms with van der Waals surface area (Å²) < 4.78 is 10.6. The number of benzene rings is 1. The molecule has 0 aliphatic carbocycles. The highest BCUT2D eigenvalue weighted by Crippen LogP contribution is 2.10. The van der Waals surface area contributed by atoms with E-state index in [1.54, 1.807) is 7.11 Å². The van der Waals surface area contributed by atoms with Gasteiger partial charge in [-0.2, -0.15) is 0 Å². The minimum atomic E-state index is -0.00242. The fourth-order valence-corrected chi connectivity index (χ4v) is 1.89. The monoisotopic (exact) mass is 294 g/mol. The highest BCUT2D eigenvalue weighted by atomic mass is 16.5. The van der Waals surface area contributed by atoms with Crippen molar-refractivity contribution in [2.75, 3.05) is 40.5 Å². The van der Waals surface area contributed by atoms with Crippen molar-refractivity contribution in [1.29, 1.82) is 0 Å². The number of carbonyl (C=O) groups excluding carboxylic acids is 1. The first kappa shape index (κ1) is 17.5. The molecule has 0 saturated carbocycles. The number of amides is 1. The maximum absolute atomic E-state index is 11.8. The van der Waals surface area contributed by atoms with E-state index < -0.39 is 0 Å². The predicted octanol–water partition coefficient (Wildman–Crippen LogP) is 1.46. The van der Waals surface area contributed by atoms with Crippen molar-refractivity contribution in [1.82, 2.24) is 10.2 Å². The zero-order valence-corrected chi connectivity index (χ0v) is 13.4. The van der Waals surface area contributed by atoms with E-state index in [1.165, 1.54) is 5.56 Å². The average molecular weight is 294 g/mol. The van der Waals surface area contributed by atoms with Crippen LogP contribution in [0.4, 0.5) is 0 Å². The van der Waals surface area contributed by atoms with Crippen molar-refractivity contribution in [2.24, 2.45) is 0 Å². The van der Waals surface area contributed by atoms with Gasteiger partial charge in [-0.1, -0.05) is 17.7 Å². The highest BCUT2D eigenvalue weighted by molar-refractivity contribution is 5.78. The van der Waals surface area contributed by atoms with Gasteiger partial charge in [0.2, 0.25) is 5.91 Å². The number of nitrogens with one attached hydrogen (secondary N) is 1.